The smallest absolute Gasteiger partial charge is 0.0384 e. The summed E-state index contributed by atoms with van der Waals surface area (Å²) >= 11 is 0. The maximum atomic E-state index is 3.33. The molecule has 0 aliphatic rings. The molecule has 0 heterocycles. The van der Waals surface area contributed by atoms with Crippen molar-refractivity contribution in [3.05, 3.63) is 60.2 Å². The summed E-state index contributed by atoms with van der Waals surface area (Å²) in [4.78, 5) is 0. The number of benzene rings is 2. The van der Waals surface area contributed by atoms with E-state index in [0.29, 0.717) is 0 Å². The van der Waals surface area contributed by atoms with Crippen LogP contribution in [0, 0.1) is 6.92 Å². The summed E-state index contributed by atoms with van der Waals surface area (Å²) in [6.45, 7) is 6.09. The molecule has 2 aromatic rings. The van der Waals surface area contributed by atoms with Gasteiger partial charge < -0.3 is 5.32 Å². The molecule has 1 N–H and O–H groups in total. The summed E-state index contributed by atoms with van der Waals surface area (Å²) in [6.07, 6.45) is 0. The Kier molecular flexibility index (Phi) is 5.13. The van der Waals surface area contributed by atoms with E-state index in [-0.39, 0.29) is 0 Å². The van der Waals surface area contributed by atoms with Crippen LogP contribution in [0.4, 0.5) is 11.4 Å². The van der Waals surface area contributed by atoms with E-state index < -0.39 is 0 Å². The quantitative estimate of drug-likeness (QED) is 0.758. The van der Waals surface area contributed by atoms with Gasteiger partial charge in [-0.3, -0.25) is 0 Å². The highest BCUT2D eigenvalue weighted by molar-refractivity contribution is 5.59. The Morgan fingerprint density at radius 2 is 1.19 bits per heavy atom. The first-order valence-corrected chi connectivity index (χ1v) is 5.73. The van der Waals surface area contributed by atoms with Gasteiger partial charge in [0.25, 0.3) is 0 Å². The molecule has 0 fully saturated rings. The van der Waals surface area contributed by atoms with E-state index in [1.54, 1.807) is 0 Å². The number of aryl methyl sites for hydroxylation is 1. The van der Waals surface area contributed by atoms with Gasteiger partial charge in [-0.05, 0) is 31.2 Å². The van der Waals surface area contributed by atoms with Crippen molar-refractivity contribution >= 4 is 11.4 Å². The lowest BCUT2D eigenvalue weighted by molar-refractivity contribution is 1.45. The molecule has 84 valence electrons. The van der Waals surface area contributed by atoms with Gasteiger partial charge in [0, 0.05) is 11.4 Å². The Balaban J connectivity index is 0.000000606. The Morgan fingerprint density at radius 1 is 0.688 bits per heavy atom. The molecule has 0 aliphatic carbocycles. The number of para-hydroxylation sites is 1. The molecule has 1 nitrogen and oxygen atoms in total. The standard InChI is InChI=1S/C13H13N.C2H6/c1-11-7-9-13(10-8-11)14-12-5-3-2-4-6-12;1-2/h2-10,14H,1H3;1-2H3. The minimum atomic E-state index is 1.12. The van der Waals surface area contributed by atoms with E-state index in [1.807, 2.05) is 32.0 Å². The van der Waals surface area contributed by atoms with Gasteiger partial charge in [-0.25, -0.2) is 0 Å². The minimum absolute atomic E-state index is 1.12. The molecule has 0 aromatic heterocycles. The molecule has 16 heavy (non-hydrogen) atoms. The molecular formula is C15H19N. The molecule has 0 amide bonds. The fourth-order valence-electron chi connectivity index (χ4n) is 1.33. The largest absolute Gasteiger partial charge is 0.356 e. The second-order valence-corrected chi connectivity index (χ2v) is 3.36. The van der Waals surface area contributed by atoms with Crippen molar-refractivity contribution in [2.45, 2.75) is 20.8 Å². The average molecular weight is 213 g/mol. The van der Waals surface area contributed by atoms with Crippen LogP contribution in [0.2, 0.25) is 0 Å². The van der Waals surface area contributed by atoms with Crippen molar-refractivity contribution in [1.29, 1.82) is 0 Å². The van der Waals surface area contributed by atoms with Crippen molar-refractivity contribution in [2.75, 3.05) is 5.32 Å². The third-order valence-corrected chi connectivity index (χ3v) is 2.11. The molecule has 0 spiro atoms. The van der Waals surface area contributed by atoms with Gasteiger partial charge in [0.1, 0.15) is 0 Å². The highest BCUT2D eigenvalue weighted by Gasteiger charge is 1.91. The van der Waals surface area contributed by atoms with Crippen LogP contribution in [-0.4, -0.2) is 0 Å². The van der Waals surface area contributed by atoms with Crippen LogP contribution in [0.25, 0.3) is 0 Å². The van der Waals surface area contributed by atoms with E-state index in [2.05, 4.69) is 48.6 Å². The fourth-order valence-corrected chi connectivity index (χ4v) is 1.33. The van der Waals surface area contributed by atoms with Gasteiger partial charge >= 0.3 is 0 Å². The minimum Gasteiger partial charge on any atom is -0.356 e. The lowest BCUT2D eigenvalue weighted by Crippen LogP contribution is -1.88. The normalized spacial score (nSPS) is 8.94. The molecule has 2 rings (SSSR count). The summed E-state index contributed by atoms with van der Waals surface area (Å²) in [5.41, 5.74) is 3.53. The highest BCUT2D eigenvalue weighted by atomic mass is 14.9. The molecule has 1 heteroatoms. The van der Waals surface area contributed by atoms with Crippen LogP contribution in [-0.2, 0) is 0 Å². The molecule has 0 saturated heterocycles. The van der Waals surface area contributed by atoms with Gasteiger partial charge in [-0.1, -0.05) is 49.7 Å². The third-order valence-electron chi connectivity index (χ3n) is 2.11. The van der Waals surface area contributed by atoms with Crippen molar-refractivity contribution < 1.29 is 0 Å². The van der Waals surface area contributed by atoms with Gasteiger partial charge in [0.15, 0.2) is 0 Å². The first-order valence-electron chi connectivity index (χ1n) is 5.73. The number of nitrogens with one attached hydrogen (secondary N) is 1. The Hall–Kier alpha value is -1.76. The zero-order valence-electron chi connectivity index (χ0n) is 10.2. The van der Waals surface area contributed by atoms with Gasteiger partial charge in [0.05, 0.1) is 0 Å². The lowest BCUT2D eigenvalue weighted by atomic mass is 10.2. The maximum Gasteiger partial charge on any atom is 0.0384 e. The van der Waals surface area contributed by atoms with Crippen molar-refractivity contribution in [1.82, 2.24) is 0 Å². The lowest BCUT2D eigenvalue weighted by Gasteiger charge is -2.05. The van der Waals surface area contributed by atoms with Crippen LogP contribution in [0.3, 0.4) is 0 Å². The second kappa shape index (κ2) is 6.67. The van der Waals surface area contributed by atoms with E-state index in [9.17, 15) is 0 Å². The molecule has 0 radical (unpaired) electrons. The molecule has 0 saturated carbocycles. The van der Waals surface area contributed by atoms with Crippen molar-refractivity contribution in [3.8, 4) is 0 Å². The zero-order valence-corrected chi connectivity index (χ0v) is 10.2. The van der Waals surface area contributed by atoms with Crippen LogP contribution >= 0.6 is 0 Å². The van der Waals surface area contributed by atoms with E-state index in [1.165, 1.54) is 5.56 Å². The zero-order chi connectivity index (χ0) is 11.8. The van der Waals surface area contributed by atoms with E-state index in [4.69, 9.17) is 0 Å². The van der Waals surface area contributed by atoms with Crippen molar-refractivity contribution in [3.63, 3.8) is 0 Å². The Labute approximate surface area is 98.1 Å². The maximum absolute atomic E-state index is 3.33. The number of rotatable bonds is 2. The average Bonchev–Trinajstić information content (AvgIpc) is 2.36. The fraction of sp³-hybridized carbons (Fsp3) is 0.200. The number of hydrogen-bond donors (Lipinski definition) is 1. The first-order chi connectivity index (χ1) is 7.84. The molecule has 2 aromatic carbocycles. The molecule has 0 atom stereocenters. The van der Waals surface area contributed by atoms with Crippen LogP contribution in [0.15, 0.2) is 54.6 Å². The van der Waals surface area contributed by atoms with E-state index in [0.717, 1.165) is 11.4 Å². The monoisotopic (exact) mass is 213 g/mol. The highest BCUT2D eigenvalue weighted by Crippen LogP contribution is 2.15. The van der Waals surface area contributed by atoms with Gasteiger partial charge in [-0.15, -0.1) is 0 Å². The predicted molar refractivity (Wildman–Crippen MR) is 72.3 cm³/mol. The second-order valence-electron chi connectivity index (χ2n) is 3.36. The third kappa shape index (κ3) is 3.77. The van der Waals surface area contributed by atoms with Crippen molar-refractivity contribution in [2.24, 2.45) is 0 Å². The Morgan fingerprint density at radius 3 is 1.75 bits per heavy atom. The van der Waals surface area contributed by atoms with Crippen LogP contribution in [0.5, 0.6) is 0 Å². The summed E-state index contributed by atoms with van der Waals surface area (Å²) in [5, 5.41) is 3.33. The summed E-state index contributed by atoms with van der Waals surface area (Å²) in [5.74, 6) is 0. The van der Waals surface area contributed by atoms with Crippen LogP contribution < -0.4 is 5.32 Å². The van der Waals surface area contributed by atoms with Gasteiger partial charge in [-0.2, -0.15) is 0 Å². The molecule has 0 unspecified atom stereocenters. The van der Waals surface area contributed by atoms with E-state index >= 15 is 0 Å². The summed E-state index contributed by atoms with van der Waals surface area (Å²) in [7, 11) is 0. The number of anilines is 2. The molecule has 0 aliphatic heterocycles. The summed E-state index contributed by atoms with van der Waals surface area (Å²) < 4.78 is 0. The van der Waals surface area contributed by atoms with Gasteiger partial charge in [0.2, 0.25) is 0 Å². The topological polar surface area (TPSA) is 12.0 Å². The predicted octanol–water partition coefficient (Wildman–Crippen LogP) is 4.76. The molecule has 0 bridgehead atoms. The summed E-state index contributed by atoms with van der Waals surface area (Å²) in [6, 6.07) is 18.5. The van der Waals surface area contributed by atoms with Crippen LogP contribution in [0.1, 0.15) is 19.4 Å². The molecular weight excluding hydrogens is 194 g/mol. The SMILES string of the molecule is CC.Cc1ccc(Nc2ccccc2)cc1. The first kappa shape index (κ1) is 12.3. The Bertz CT molecular complexity index is 390. The number of hydrogen-bond acceptors (Lipinski definition) is 1.